The lowest BCUT2D eigenvalue weighted by molar-refractivity contribution is -0.126. The Morgan fingerprint density at radius 1 is 1.19 bits per heavy atom. The molecule has 1 aliphatic rings. The Hall–Kier alpha value is -2.66. The molecule has 0 saturated carbocycles. The van der Waals surface area contributed by atoms with Gasteiger partial charge in [-0.05, 0) is 23.6 Å². The van der Waals surface area contributed by atoms with Crippen molar-refractivity contribution in [2.24, 2.45) is 11.7 Å². The van der Waals surface area contributed by atoms with Crippen LogP contribution in [-0.4, -0.2) is 24.9 Å². The number of nitrogens with one attached hydrogen (secondary N) is 1. The topological polar surface area (TPSA) is 75.4 Å². The van der Waals surface area contributed by atoms with E-state index in [1.807, 2.05) is 54.6 Å². The average Bonchev–Trinajstić information content (AvgIpc) is 3.08. The molecule has 2 unspecified atom stereocenters. The Morgan fingerprint density at radius 3 is 2.62 bits per heavy atom. The van der Waals surface area contributed by atoms with Crippen molar-refractivity contribution >= 4 is 17.5 Å². The van der Waals surface area contributed by atoms with Crippen LogP contribution < -0.4 is 16.0 Å². The zero-order valence-corrected chi connectivity index (χ0v) is 15.0. The van der Waals surface area contributed by atoms with Crippen LogP contribution in [0.3, 0.4) is 0 Å². The molecule has 1 aliphatic heterocycles. The molecule has 1 fully saturated rings. The fourth-order valence-corrected chi connectivity index (χ4v) is 3.36. The number of nitrogens with two attached hydrogens (primary N) is 1. The maximum atomic E-state index is 12.5. The predicted molar refractivity (Wildman–Crippen MR) is 103 cm³/mol. The first kappa shape index (κ1) is 18.1. The van der Waals surface area contributed by atoms with Crippen molar-refractivity contribution in [1.82, 2.24) is 5.32 Å². The van der Waals surface area contributed by atoms with Gasteiger partial charge < -0.3 is 16.0 Å². The molecule has 1 heterocycles. The first-order valence-electron chi connectivity index (χ1n) is 9.06. The van der Waals surface area contributed by atoms with E-state index in [4.69, 9.17) is 5.73 Å². The van der Waals surface area contributed by atoms with Crippen LogP contribution in [0.1, 0.15) is 30.5 Å². The summed E-state index contributed by atoms with van der Waals surface area (Å²) in [7, 11) is 0. The van der Waals surface area contributed by atoms with Gasteiger partial charge in [0.05, 0.1) is 5.92 Å². The molecule has 5 heteroatoms. The number of rotatable bonds is 6. The van der Waals surface area contributed by atoms with E-state index in [2.05, 4.69) is 12.2 Å². The van der Waals surface area contributed by atoms with Gasteiger partial charge >= 0.3 is 0 Å². The number of anilines is 1. The van der Waals surface area contributed by atoms with Crippen molar-refractivity contribution in [3.63, 3.8) is 0 Å². The van der Waals surface area contributed by atoms with Gasteiger partial charge in [0.15, 0.2) is 0 Å². The van der Waals surface area contributed by atoms with Gasteiger partial charge in [-0.1, -0.05) is 55.5 Å². The standard InChI is InChI=1S/C21H25N3O2/c1-2-15-8-6-7-11-19(15)24-14-17(12-20(24)25)21(26)23-13-18(22)16-9-4-3-5-10-16/h3-11,17-18H,2,12-14,22H2,1H3,(H,23,26). The van der Waals surface area contributed by atoms with Crippen molar-refractivity contribution < 1.29 is 9.59 Å². The van der Waals surface area contributed by atoms with Crippen LogP contribution >= 0.6 is 0 Å². The number of carbonyl (C=O) groups excluding carboxylic acids is 2. The smallest absolute Gasteiger partial charge is 0.227 e. The lowest BCUT2D eigenvalue weighted by atomic mass is 10.1. The summed E-state index contributed by atoms with van der Waals surface area (Å²) in [5.74, 6) is -0.449. The van der Waals surface area contributed by atoms with Crippen molar-refractivity contribution in [2.45, 2.75) is 25.8 Å². The van der Waals surface area contributed by atoms with E-state index < -0.39 is 0 Å². The molecule has 0 spiro atoms. The summed E-state index contributed by atoms with van der Waals surface area (Å²) in [5.41, 5.74) is 9.15. The van der Waals surface area contributed by atoms with E-state index in [1.165, 1.54) is 0 Å². The summed E-state index contributed by atoms with van der Waals surface area (Å²) >= 11 is 0. The van der Waals surface area contributed by atoms with E-state index in [1.54, 1.807) is 4.90 Å². The van der Waals surface area contributed by atoms with Gasteiger partial charge in [0, 0.05) is 31.2 Å². The zero-order valence-electron chi connectivity index (χ0n) is 15.0. The molecule has 2 aromatic rings. The van der Waals surface area contributed by atoms with Crippen molar-refractivity contribution in [3.8, 4) is 0 Å². The Morgan fingerprint density at radius 2 is 1.88 bits per heavy atom. The quantitative estimate of drug-likeness (QED) is 0.839. The summed E-state index contributed by atoms with van der Waals surface area (Å²) in [6.45, 7) is 2.84. The van der Waals surface area contributed by atoms with E-state index in [0.29, 0.717) is 13.1 Å². The van der Waals surface area contributed by atoms with Crippen LogP contribution in [0.25, 0.3) is 0 Å². The van der Waals surface area contributed by atoms with Crippen LogP contribution in [0.15, 0.2) is 54.6 Å². The summed E-state index contributed by atoms with van der Waals surface area (Å²) in [5, 5.41) is 2.90. The fraction of sp³-hybridized carbons (Fsp3) is 0.333. The maximum Gasteiger partial charge on any atom is 0.227 e. The van der Waals surface area contributed by atoms with E-state index >= 15 is 0 Å². The third-order valence-corrected chi connectivity index (χ3v) is 4.88. The van der Waals surface area contributed by atoms with Crippen LogP contribution in [-0.2, 0) is 16.0 Å². The van der Waals surface area contributed by atoms with Crippen molar-refractivity contribution in [2.75, 3.05) is 18.0 Å². The highest BCUT2D eigenvalue weighted by Crippen LogP contribution is 2.28. The molecular weight excluding hydrogens is 326 g/mol. The number of carbonyl (C=O) groups is 2. The molecule has 0 bridgehead atoms. The molecule has 0 aliphatic carbocycles. The highest BCUT2D eigenvalue weighted by Gasteiger charge is 2.35. The number of benzene rings is 2. The van der Waals surface area contributed by atoms with Crippen molar-refractivity contribution in [1.29, 1.82) is 0 Å². The first-order chi connectivity index (χ1) is 12.6. The lowest BCUT2D eigenvalue weighted by Crippen LogP contribution is -2.37. The largest absolute Gasteiger partial charge is 0.354 e. The minimum atomic E-state index is -0.338. The summed E-state index contributed by atoms with van der Waals surface area (Å²) in [4.78, 5) is 26.7. The molecule has 136 valence electrons. The number of amides is 2. The molecule has 0 aromatic heterocycles. The van der Waals surface area contributed by atoms with Gasteiger partial charge in [-0.15, -0.1) is 0 Å². The van der Waals surface area contributed by atoms with Gasteiger partial charge in [-0.3, -0.25) is 9.59 Å². The minimum absolute atomic E-state index is 0.00147. The normalized spacial score (nSPS) is 18.0. The number of nitrogens with zero attached hydrogens (tertiary/aromatic N) is 1. The molecule has 1 saturated heterocycles. The van der Waals surface area contributed by atoms with Crippen LogP contribution in [0.2, 0.25) is 0 Å². The van der Waals surface area contributed by atoms with Gasteiger partial charge in [-0.25, -0.2) is 0 Å². The van der Waals surface area contributed by atoms with Gasteiger partial charge in [0.25, 0.3) is 0 Å². The zero-order chi connectivity index (χ0) is 18.5. The number of hydrogen-bond donors (Lipinski definition) is 2. The second-order valence-electron chi connectivity index (χ2n) is 6.65. The Balaban J connectivity index is 1.60. The molecule has 2 amide bonds. The van der Waals surface area contributed by atoms with Crippen LogP contribution in [0.5, 0.6) is 0 Å². The molecule has 3 rings (SSSR count). The highest BCUT2D eigenvalue weighted by molar-refractivity contribution is 6.00. The SMILES string of the molecule is CCc1ccccc1N1CC(C(=O)NCC(N)c2ccccc2)CC1=O. The van der Waals surface area contributed by atoms with E-state index in [9.17, 15) is 9.59 Å². The number of aryl methyl sites for hydroxylation is 1. The molecule has 2 atom stereocenters. The average molecular weight is 351 g/mol. The molecule has 3 N–H and O–H groups in total. The Labute approximate surface area is 154 Å². The fourth-order valence-electron chi connectivity index (χ4n) is 3.36. The van der Waals surface area contributed by atoms with Gasteiger partial charge in [0.2, 0.25) is 11.8 Å². The highest BCUT2D eigenvalue weighted by atomic mass is 16.2. The minimum Gasteiger partial charge on any atom is -0.354 e. The summed E-state index contributed by atoms with van der Waals surface area (Å²) in [6, 6.07) is 17.3. The van der Waals surface area contributed by atoms with Crippen molar-refractivity contribution in [3.05, 3.63) is 65.7 Å². The first-order valence-corrected chi connectivity index (χ1v) is 9.06. The van der Waals surface area contributed by atoms with E-state index in [-0.39, 0.29) is 30.2 Å². The Bertz CT molecular complexity index is 776. The van der Waals surface area contributed by atoms with Crippen LogP contribution in [0.4, 0.5) is 5.69 Å². The Kier molecular flexibility index (Phi) is 5.68. The molecule has 0 radical (unpaired) electrons. The van der Waals surface area contributed by atoms with E-state index in [0.717, 1.165) is 23.2 Å². The maximum absolute atomic E-state index is 12.5. The van der Waals surface area contributed by atoms with Gasteiger partial charge in [-0.2, -0.15) is 0 Å². The van der Waals surface area contributed by atoms with Gasteiger partial charge in [0.1, 0.15) is 0 Å². The monoisotopic (exact) mass is 351 g/mol. The third kappa shape index (κ3) is 3.94. The number of hydrogen-bond acceptors (Lipinski definition) is 3. The summed E-state index contributed by atoms with van der Waals surface area (Å²) in [6.07, 6.45) is 1.09. The summed E-state index contributed by atoms with van der Waals surface area (Å²) < 4.78 is 0. The molecule has 2 aromatic carbocycles. The third-order valence-electron chi connectivity index (χ3n) is 4.88. The second kappa shape index (κ2) is 8.15. The second-order valence-corrected chi connectivity index (χ2v) is 6.65. The number of para-hydroxylation sites is 1. The molecule has 26 heavy (non-hydrogen) atoms. The lowest BCUT2D eigenvalue weighted by Gasteiger charge is -2.20. The molecule has 5 nitrogen and oxygen atoms in total. The predicted octanol–water partition coefficient (Wildman–Crippen LogP) is 2.42. The van der Waals surface area contributed by atoms with Crippen LogP contribution in [0, 0.1) is 5.92 Å². The molecular formula is C21H25N3O2.